The zero-order chi connectivity index (χ0) is 13.7. The van der Waals surface area contributed by atoms with E-state index < -0.39 is 0 Å². The van der Waals surface area contributed by atoms with Crippen molar-refractivity contribution in [3.63, 3.8) is 0 Å². The molecule has 0 radical (unpaired) electrons. The summed E-state index contributed by atoms with van der Waals surface area (Å²) in [6.45, 7) is 2.63. The lowest BCUT2D eigenvalue weighted by Crippen LogP contribution is -2.34. The second-order valence-electron chi connectivity index (χ2n) is 4.90. The molecule has 1 N–H and O–H groups in total. The standard InChI is InChI=1S/C15H21NO2S/c1-11-8-9-14(19-11)13(18-2)10-16-15(17)12-6-4-3-5-7-12/h3-4,8-9,12-13H,5-7,10H2,1-2H3,(H,16,17)/t12-,13+/m1/s1. The zero-order valence-corrected chi connectivity index (χ0v) is 12.3. The third kappa shape index (κ3) is 3.91. The highest BCUT2D eigenvalue weighted by atomic mass is 32.1. The number of hydrogen-bond donors (Lipinski definition) is 1. The smallest absolute Gasteiger partial charge is 0.223 e. The van der Waals surface area contributed by atoms with E-state index in [2.05, 4.69) is 36.5 Å². The Morgan fingerprint density at radius 3 is 2.95 bits per heavy atom. The number of allylic oxidation sites excluding steroid dienone is 2. The van der Waals surface area contributed by atoms with Crippen LogP contribution in [-0.4, -0.2) is 19.6 Å². The third-order valence-corrected chi connectivity index (χ3v) is 4.56. The number of ether oxygens (including phenoxy) is 1. The number of aryl methyl sites for hydroxylation is 1. The van der Waals surface area contributed by atoms with Crippen LogP contribution in [0.2, 0.25) is 0 Å². The van der Waals surface area contributed by atoms with Crippen molar-refractivity contribution in [2.75, 3.05) is 13.7 Å². The topological polar surface area (TPSA) is 38.3 Å². The maximum atomic E-state index is 12.1. The molecule has 0 unspecified atom stereocenters. The van der Waals surface area contributed by atoms with Crippen molar-refractivity contribution in [1.29, 1.82) is 0 Å². The molecule has 1 aliphatic carbocycles. The van der Waals surface area contributed by atoms with Gasteiger partial charge < -0.3 is 10.1 Å². The largest absolute Gasteiger partial charge is 0.374 e. The van der Waals surface area contributed by atoms with Crippen molar-refractivity contribution in [1.82, 2.24) is 5.32 Å². The normalized spacial score (nSPS) is 20.2. The van der Waals surface area contributed by atoms with Gasteiger partial charge in [0.1, 0.15) is 6.10 Å². The maximum Gasteiger partial charge on any atom is 0.223 e. The van der Waals surface area contributed by atoms with Crippen molar-refractivity contribution in [3.8, 4) is 0 Å². The average Bonchev–Trinajstić information content (AvgIpc) is 2.87. The van der Waals surface area contributed by atoms with E-state index in [-0.39, 0.29) is 17.9 Å². The minimum absolute atomic E-state index is 0.0400. The van der Waals surface area contributed by atoms with Gasteiger partial charge in [-0.05, 0) is 38.3 Å². The minimum atomic E-state index is -0.0400. The summed E-state index contributed by atoms with van der Waals surface area (Å²) in [5.74, 6) is 0.284. The Balaban J connectivity index is 1.86. The van der Waals surface area contributed by atoms with E-state index >= 15 is 0 Å². The van der Waals surface area contributed by atoms with Crippen LogP contribution in [0.3, 0.4) is 0 Å². The van der Waals surface area contributed by atoms with Gasteiger partial charge in [0.15, 0.2) is 0 Å². The van der Waals surface area contributed by atoms with Gasteiger partial charge in [0.2, 0.25) is 5.91 Å². The summed E-state index contributed by atoms with van der Waals surface area (Å²) in [5, 5.41) is 3.02. The number of thiophene rings is 1. The molecule has 4 heteroatoms. The predicted molar refractivity (Wildman–Crippen MR) is 78.3 cm³/mol. The van der Waals surface area contributed by atoms with Crippen LogP contribution >= 0.6 is 11.3 Å². The highest BCUT2D eigenvalue weighted by Crippen LogP contribution is 2.25. The van der Waals surface area contributed by atoms with Gasteiger partial charge in [0, 0.05) is 29.3 Å². The van der Waals surface area contributed by atoms with Gasteiger partial charge in [0.25, 0.3) is 0 Å². The molecule has 1 amide bonds. The first kappa shape index (κ1) is 14.3. The molecule has 104 valence electrons. The Morgan fingerprint density at radius 1 is 1.53 bits per heavy atom. The molecule has 0 saturated carbocycles. The van der Waals surface area contributed by atoms with Crippen molar-refractivity contribution in [3.05, 3.63) is 34.0 Å². The Bertz CT molecular complexity index is 453. The highest BCUT2D eigenvalue weighted by Gasteiger charge is 2.20. The van der Waals surface area contributed by atoms with Crippen molar-refractivity contribution in [2.45, 2.75) is 32.3 Å². The molecule has 0 fully saturated rings. The first-order valence-electron chi connectivity index (χ1n) is 6.72. The van der Waals surface area contributed by atoms with Crippen LogP contribution in [-0.2, 0) is 9.53 Å². The molecule has 0 spiro atoms. The second kappa shape index (κ2) is 6.87. The lowest BCUT2D eigenvalue weighted by atomic mass is 9.93. The Morgan fingerprint density at radius 2 is 2.37 bits per heavy atom. The number of methoxy groups -OCH3 is 1. The van der Waals surface area contributed by atoms with Crippen LogP contribution in [0.15, 0.2) is 24.3 Å². The number of nitrogens with one attached hydrogen (secondary N) is 1. The van der Waals surface area contributed by atoms with Crippen molar-refractivity contribution >= 4 is 17.2 Å². The van der Waals surface area contributed by atoms with Gasteiger partial charge in [-0.25, -0.2) is 0 Å². The van der Waals surface area contributed by atoms with Crippen LogP contribution in [0, 0.1) is 12.8 Å². The summed E-state index contributed by atoms with van der Waals surface area (Å²) in [6, 6.07) is 4.16. The molecule has 0 saturated heterocycles. The molecule has 1 heterocycles. The molecule has 1 aromatic heterocycles. The summed E-state index contributed by atoms with van der Waals surface area (Å²) in [6.07, 6.45) is 7.04. The monoisotopic (exact) mass is 279 g/mol. The molecule has 2 rings (SSSR count). The molecule has 1 aliphatic rings. The Hall–Kier alpha value is -1.13. The van der Waals surface area contributed by atoms with E-state index in [9.17, 15) is 4.79 Å². The van der Waals surface area contributed by atoms with Crippen LogP contribution in [0.1, 0.15) is 35.1 Å². The molecular weight excluding hydrogens is 258 g/mol. The molecule has 2 atom stereocenters. The second-order valence-corrected chi connectivity index (χ2v) is 6.22. The van der Waals surface area contributed by atoms with E-state index in [4.69, 9.17) is 4.74 Å². The third-order valence-electron chi connectivity index (χ3n) is 3.46. The lowest BCUT2D eigenvalue weighted by Gasteiger charge is -2.20. The van der Waals surface area contributed by atoms with Gasteiger partial charge >= 0.3 is 0 Å². The average molecular weight is 279 g/mol. The molecular formula is C15H21NO2S. The summed E-state index contributed by atoms with van der Waals surface area (Å²) < 4.78 is 5.47. The fraction of sp³-hybridized carbons (Fsp3) is 0.533. The van der Waals surface area contributed by atoms with E-state index in [1.807, 2.05) is 0 Å². The SMILES string of the molecule is CO[C@@H](CNC(=O)[C@@H]1CC=CCC1)c1ccc(C)s1. The van der Waals surface area contributed by atoms with Gasteiger partial charge in [-0.15, -0.1) is 11.3 Å². The van der Waals surface area contributed by atoms with Crippen LogP contribution < -0.4 is 5.32 Å². The fourth-order valence-corrected chi connectivity index (χ4v) is 3.25. The predicted octanol–water partition coefficient (Wildman–Crippen LogP) is 3.22. The minimum Gasteiger partial charge on any atom is -0.374 e. The molecule has 0 aromatic carbocycles. The number of carbonyl (C=O) groups excluding carboxylic acids is 1. The molecule has 0 bridgehead atoms. The summed E-state index contributed by atoms with van der Waals surface area (Å²) in [7, 11) is 1.69. The zero-order valence-electron chi connectivity index (χ0n) is 11.5. The fourth-order valence-electron chi connectivity index (χ4n) is 2.30. The number of carbonyl (C=O) groups is 1. The first-order chi connectivity index (χ1) is 9.20. The van der Waals surface area contributed by atoms with Gasteiger partial charge in [-0.3, -0.25) is 4.79 Å². The molecule has 19 heavy (non-hydrogen) atoms. The molecule has 0 aliphatic heterocycles. The first-order valence-corrected chi connectivity index (χ1v) is 7.54. The van der Waals surface area contributed by atoms with Crippen molar-refractivity contribution in [2.24, 2.45) is 5.92 Å². The summed E-state index contributed by atoms with van der Waals surface area (Å²) in [5.41, 5.74) is 0. The van der Waals surface area contributed by atoms with Gasteiger partial charge in [0.05, 0.1) is 0 Å². The van der Waals surface area contributed by atoms with Crippen LogP contribution in [0.5, 0.6) is 0 Å². The van der Waals surface area contributed by atoms with Gasteiger partial charge in [-0.1, -0.05) is 12.2 Å². The quantitative estimate of drug-likeness (QED) is 0.840. The Kier molecular flexibility index (Phi) is 5.16. The van der Waals surface area contributed by atoms with E-state index in [0.29, 0.717) is 6.54 Å². The number of amides is 1. The van der Waals surface area contributed by atoms with Gasteiger partial charge in [-0.2, -0.15) is 0 Å². The molecule has 1 aromatic rings. The van der Waals surface area contributed by atoms with E-state index in [1.54, 1.807) is 18.4 Å². The molecule has 3 nitrogen and oxygen atoms in total. The lowest BCUT2D eigenvalue weighted by molar-refractivity contribution is -0.125. The van der Waals surface area contributed by atoms with E-state index in [1.165, 1.54) is 9.75 Å². The summed E-state index contributed by atoms with van der Waals surface area (Å²) in [4.78, 5) is 14.5. The van der Waals surface area contributed by atoms with E-state index in [0.717, 1.165) is 19.3 Å². The number of hydrogen-bond acceptors (Lipinski definition) is 3. The maximum absolute atomic E-state index is 12.1. The van der Waals surface area contributed by atoms with Crippen LogP contribution in [0.4, 0.5) is 0 Å². The highest BCUT2D eigenvalue weighted by molar-refractivity contribution is 7.12. The Labute approximate surface area is 118 Å². The summed E-state index contributed by atoms with van der Waals surface area (Å²) >= 11 is 1.72. The van der Waals surface area contributed by atoms with Crippen molar-refractivity contribution < 1.29 is 9.53 Å². The van der Waals surface area contributed by atoms with Crippen LogP contribution in [0.25, 0.3) is 0 Å². The number of rotatable bonds is 5.